The maximum absolute atomic E-state index is 14.0. The number of hydrogen-bond acceptors (Lipinski definition) is 5. The van der Waals surface area contributed by atoms with Gasteiger partial charge in [0.1, 0.15) is 17.0 Å². The van der Waals surface area contributed by atoms with E-state index in [9.17, 15) is 9.59 Å². The number of pyridine rings is 1. The third-order valence-electron chi connectivity index (χ3n) is 6.65. The van der Waals surface area contributed by atoms with Crippen LogP contribution in [0, 0.1) is 12.8 Å². The molecule has 7 nitrogen and oxygen atoms in total. The Morgan fingerprint density at radius 3 is 2.42 bits per heavy atom. The van der Waals surface area contributed by atoms with Crippen LogP contribution in [0.5, 0.6) is 0 Å². The van der Waals surface area contributed by atoms with E-state index in [4.69, 9.17) is 4.52 Å². The van der Waals surface area contributed by atoms with Gasteiger partial charge in [-0.15, -0.1) is 0 Å². The van der Waals surface area contributed by atoms with E-state index in [1.54, 1.807) is 19.3 Å². The van der Waals surface area contributed by atoms with Gasteiger partial charge in [-0.25, -0.2) is 0 Å². The van der Waals surface area contributed by atoms with Gasteiger partial charge in [0.25, 0.3) is 5.91 Å². The van der Waals surface area contributed by atoms with Gasteiger partial charge in [-0.1, -0.05) is 56.5 Å². The monoisotopic (exact) mass is 488 g/mol. The summed E-state index contributed by atoms with van der Waals surface area (Å²) in [6.07, 6.45) is 8.99. The van der Waals surface area contributed by atoms with Crippen molar-refractivity contribution in [1.29, 1.82) is 0 Å². The number of benzene rings is 1. The van der Waals surface area contributed by atoms with Crippen molar-refractivity contribution in [3.63, 3.8) is 0 Å². The number of carbonyl (C=O) groups is 2. The Morgan fingerprint density at radius 1 is 0.972 bits per heavy atom. The molecule has 0 unspecified atom stereocenters. The van der Waals surface area contributed by atoms with Crippen LogP contribution in [-0.4, -0.2) is 39.9 Å². The zero-order valence-electron chi connectivity index (χ0n) is 21.6. The van der Waals surface area contributed by atoms with Gasteiger partial charge in [0, 0.05) is 49.7 Å². The quantitative estimate of drug-likeness (QED) is 0.448. The Morgan fingerprint density at radius 2 is 1.67 bits per heavy atom. The van der Waals surface area contributed by atoms with E-state index in [1.165, 1.54) is 0 Å². The molecule has 1 aliphatic heterocycles. The van der Waals surface area contributed by atoms with Gasteiger partial charge < -0.3 is 14.3 Å². The molecule has 0 bridgehead atoms. The molecular weight excluding hydrogens is 452 g/mol. The highest BCUT2D eigenvalue weighted by Crippen LogP contribution is 2.29. The lowest BCUT2D eigenvalue weighted by molar-refractivity contribution is -0.119. The highest BCUT2D eigenvalue weighted by Gasteiger charge is 2.28. The first-order valence-corrected chi connectivity index (χ1v) is 13.0. The molecule has 2 amide bonds. The van der Waals surface area contributed by atoms with Crippen LogP contribution in [-0.2, 0) is 11.3 Å². The van der Waals surface area contributed by atoms with Gasteiger partial charge in [0.2, 0.25) is 5.91 Å². The van der Waals surface area contributed by atoms with Gasteiger partial charge in [-0.3, -0.25) is 14.6 Å². The number of fused-ring (bicyclic) bond motifs is 1. The maximum Gasteiger partial charge on any atom is 0.260 e. The first-order chi connectivity index (χ1) is 17.5. The smallest absolute Gasteiger partial charge is 0.260 e. The fraction of sp³-hybridized carbons (Fsp3) is 0.448. The Bertz CT molecular complexity index is 1170. The van der Waals surface area contributed by atoms with Gasteiger partial charge in [0.05, 0.1) is 0 Å². The Balaban J connectivity index is 1.70. The summed E-state index contributed by atoms with van der Waals surface area (Å²) in [5, 5.41) is 4.21. The van der Waals surface area contributed by atoms with Crippen molar-refractivity contribution in [2.24, 2.45) is 5.92 Å². The number of anilines is 1. The van der Waals surface area contributed by atoms with Crippen LogP contribution in [0.15, 0.2) is 53.3 Å². The average Bonchev–Trinajstić information content (AvgIpc) is 3.25. The lowest BCUT2D eigenvalue weighted by atomic mass is 10.0. The van der Waals surface area contributed by atoms with Crippen LogP contribution in [0.4, 0.5) is 5.69 Å². The summed E-state index contributed by atoms with van der Waals surface area (Å²) >= 11 is 0. The van der Waals surface area contributed by atoms with E-state index in [1.807, 2.05) is 46.2 Å². The highest BCUT2D eigenvalue weighted by atomic mass is 16.5. The lowest BCUT2D eigenvalue weighted by Crippen LogP contribution is -2.36. The number of aryl methyl sites for hydroxylation is 1. The molecule has 0 fully saturated rings. The second-order valence-electron chi connectivity index (χ2n) is 9.96. The van der Waals surface area contributed by atoms with E-state index in [-0.39, 0.29) is 17.7 Å². The second kappa shape index (κ2) is 12.0. The zero-order valence-corrected chi connectivity index (χ0v) is 21.6. The molecule has 0 radical (unpaired) electrons. The second-order valence-corrected chi connectivity index (χ2v) is 9.96. The van der Waals surface area contributed by atoms with Gasteiger partial charge in [-0.05, 0) is 49.4 Å². The van der Waals surface area contributed by atoms with E-state index in [2.05, 4.69) is 24.0 Å². The number of amides is 2. The highest BCUT2D eigenvalue weighted by molar-refractivity contribution is 6.01. The van der Waals surface area contributed by atoms with Crippen molar-refractivity contribution in [2.45, 2.75) is 65.8 Å². The van der Waals surface area contributed by atoms with Crippen LogP contribution < -0.4 is 4.90 Å². The molecule has 0 saturated carbocycles. The lowest BCUT2D eigenvalue weighted by Gasteiger charge is -2.30. The molecule has 0 atom stereocenters. The topological polar surface area (TPSA) is 79.5 Å². The molecule has 0 aliphatic carbocycles. The summed E-state index contributed by atoms with van der Waals surface area (Å²) in [5.41, 5.74) is 3.69. The number of para-hydroxylation sites is 1. The van der Waals surface area contributed by atoms with E-state index < -0.39 is 0 Å². The summed E-state index contributed by atoms with van der Waals surface area (Å²) in [5.74, 6) is 0.821. The fourth-order valence-electron chi connectivity index (χ4n) is 4.80. The number of hydrogen-bond donors (Lipinski definition) is 0. The summed E-state index contributed by atoms with van der Waals surface area (Å²) in [6.45, 7) is 7.67. The predicted molar refractivity (Wildman–Crippen MR) is 141 cm³/mol. The van der Waals surface area contributed by atoms with Gasteiger partial charge in [-0.2, -0.15) is 0 Å². The SMILES string of the molecule is Cc1onc(-c2ccncc2)c1C(=O)N1CCCCCCCN(C(=O)CC(C)C)c2ccccc2C1. The molecule has 3 aromatic rings. The molecule has 1 aromatic carbocycles. The molecular formula is C29H36N4O3. The van der Waals surface area contributed by atoms with Crippen LogP contribution in [0.1, 0.15) is 74.1 Å². The summed E-state index contributed by atoms with van der Waals surface area (Å²) in [6, 6.07) is 11.6. The average molecular weight is 489 g/mol. The van der Waals surface area contributed by atoms with E-state index in [0.717, 1.165) is 48.9 Å². The van der Waals surface area contributed by atoms with Crippen LogP contribution in [0.3, 0.4) is 0 Å². The number of aromatic nitrogens is 2. The van der Waals surface area contributed by atoms with Crippen molar-refractivity contribution >= 4 is 17.5 Å². The zero-order chi connectivity index (χ0) is 25.5. The minimum atomic E-state index is -0.104. The van der Waals surface area contributed by atoms with Gasteiger partial charge >= 0.3 is 0 Å². The largest absolute Gasteiger partial charge is 0.360 e. The first kappa shape index (κ1) is 25.6. The number of nitrogens with zero attached hydrogens (tertiary/aromatic N) is 4. The van der Waals surface area contributed by atoms with Crippen LogP contribution in [0.2, 0.25) is 0 Å². The summed E-state index contributed by atoms with van der Waals surface area (Å²) in [7, 11) is 0. The van der Waals surface area contributed by atoms with E-state index >= 15 is 0 Å². The van der Waals surface area contributed by atoms with Crippen molar-refractivity contribution < 1.29 is 14.1 Å². The normalized spacial score (nSPS) is 15.2. The van der Waals surface area contributed by atoms with Crippen LogP contribution >= 0.6 is 0 Å². The molecule has 0 spiro atoms. The minimum absolute atomic E-state index is 0.104. The maximum atomic E-state index is 14.0. The van der Waals surface area contributed by atoms with Crippen molar-refractivity contribution in [3.8, 4) is 11.3 Å². The summed E-state index contributed by atoms with van der Waals surface area (Å²) in [4.78, 5) is 35.2. The Kier molecular flexibility index (Phi) is 8.52. The Labute approximate surface area is 213 Å². The molecule has 36 heavy (non-hydrogen) atoms. The minimum Gasteiger partial charge on any atom is -0.360 e. The third kappa shape index (κ3) is 6.01. The fourth-order valence-corrected chi connectivity index (χ4v) is 4.80. The van der Waals surface area contributed by atoms with Crippen LogP contribution in [0.25, 0.3) is 11.3 Å². The van der Waals surface area contributed by atoms with Crippen molar-refractivity contribution in [2.75, 3.05) is 18.0 Å². The van der Waals surface area contributed by atoms with E-state index in [0.29, 0.717) is 43.1 Å². The molecule has 7 heteroatoms. The molecule has 1 aliphatic rings. The number of carbonyl (C=O) groups excluding carboxylic acids is 2. The predicted octanol–water partition coefficient (Wildman–Crippen LogP) is 6.03. The molecule has 4 rings (SSSR count). The molecule has 0 saturated heterocycles. The Hall–Kier alpha value is -3.48. The van der Waals surface area contributed by atoms with Gasteiger partial charge in [0.15, 0.2) is 0 Å². The number of rotatable bonds is 4. The first-order valence-electron chi connectivity index (χ1n) is 13.0. The van der Waals surface area contributed by atoms with Crippen molar-refractivity contribution in [1.82, 2.24) is 15.0 Å². The molecule has 0 N–H and O–H groups in total. The molecule has 3 heterocycles. The third-order valence-corrected chi connectivity index (χ3v) is 6.65. The standard InChI is InChI=1S/C29H36N4O3/c1-21(2)19-26(34)33-18-10-6-4-5-9-17-32(20-24-11-7-8-12-25(24)33)29(35)27-22(3)36-31-28(27)23-13-15-30-16-14-23/h7-8,11-16,21H,4-6,9-10,17-20H2,1-3H3. The molecule has 2 aromatic heterocycles. The summed E-state index contributed by atoms with van der Waals surface area (Å²) < 4.78 is 5.48. The van der Waals surface area contributed by atoms with Crippen molar-refractivity contribution in [3.05, 3.63) is 65.7 Å². The molecule has 190 valence electrons.